The molecule has 0 atom stereocenters. The highest BCUT2D eigenvalue weighted by Gasteiger charge is 2.49. The summed E-state index contributed by atoms with van der Waals surface area (Å²) in [6.45, 7) is 14.4. The van der Waals surface area contributed by atoms with Gasteiger partial charge in [-0.1, -0.05) is 20.8 Å². The van der Waals surface area contributed by atoms with Gasteiger partial charge in [-0.3, -0.25) is 0 Å². The van der Waals surface area contributed by atoms with E-state index in [1.807, 2.05) is 13.8 Å². The van der Waals surface area contributed by atoms with Gasteiger partial charge in [0.15, 0.2) is 0 Å². The van der Waals surface area contributed by atoms with Gasteiger partial charge in [-0.2, -0.15) is 0 Å². The van der Waals surface area contributed by atoms with E-state index in [2.05, 4.69) is 34.6 Å². The maximum absolute atomic E-state index is 7.00. The molecule has 0 aromatic heterocycles. The van der Waals surface area contributed by atoms with Crippen molar-refractivity contribution in [3.05, 3.63) is 0 Å². The van der Waals surface area contributed by atoms with Crippen LogP contribution in [0.5, 0.6) is 0 Å². The van der Waals surface area contributed by atoms with Crippen LogP contribution in [0.3, 0.4) is 0 Å². The van der Waals surface area contributed by atoms with Crippen LogP contribution >= 0.6 is 0 Å². The third-order valence-corrected chi connectivity index (χ3v) is 2.64. The van der Waals surface area contributed by atoms with Crippen molar-refractivity contribution in [2.24, 2.45) is 0 Å². The third kappa shape index (κ3) is 4.54. The second-order valence-corrected chi connectivity index (χ2v) is 4.09. The van der Waals surface area contributed by atoms with E-state index in [1.165, 1.54) is 0 Å². The van der Waals surface area contributed by atoms with Crippen molar-refractivity contribution >= 4 is 7.12 Å². The van der Waals surface area contributed by atoms with Crippen LogP contribution in [0.15, 0.2) is 0 Å². The van der Waals surface area contributed by atoms with Gasteiger partial charge in [-0.25, -0.2) is 0 Å². The van der Waals surface area contributed by atoms with Crippen LogP contribution in [0.1, 0.15) is 48.5 Å². The number of hydrogen-bond donors (Lipinski definition) is 1. The Morgan fingerprint density at radius 3 is 1.33 bits per heavy atom. The molecule has 1 aliphatic rings. The molecule has 0 aromatic rings. The van der Waals surface area contributed by atoms with Crippen LogP contribution in [0.2, 0.25) is 6.32 Å². The first-order valence-electron chi connectivity index (χ1n) is 5.69. The van der Waals surface area contributed by atoms with Crippen molar-refractivity contribution in [2.45, 2.75) is 66.0 Å². The molecule has 1 heterocycles. The molecular weight excluding hydrogens is 191 g/mol. The summed E-state index contributed by atoms with van der Waals surface area (Å²) in [5, 5.41) is 7.00. The van der Waals surface area contributed by atoms with Gasteiger partial charge in [0.05, 0.1) is 11.2 Å². The van der Waals surface area contributed by atoms with Crippen molar-refractivity contribution in [1.82, 2.24) is 0 Å². The highest BCUT2D eigenvalue weighted by molar-refractivity contribution is 6.45. The van der Waals surface area contributed by atoms with Gasteiger partial charge >= 0.3 is 7.12 Å². The quantitative estimate of drug-likeness (QED) is 0.687. The third-order valence-electron chi connectivity index (χ3n) is 2.64. The summed E-state index contributed by atoms with van der Waals surface area (Å²) in [6, 6.07) is 0. The molecule has 1 fully saturated rings. The van der Waals surface area contributed by atoms with Crippen molar-refractivity contribution < 1.29 is 14.4 Å². The van der Waals surface area contributed by atoms with E-state index in [4.69, 9.17) is 14.4 Å². The van der Waals surface area contributed by atoms with E-state index < -0.39 is 0 Å². The number of hydrogen-bond acceptors (Lipinski definition) is 3. The average molecular weight is 218 g/mol. The van der Waals surface area contributed by atoms with Gasteiger partial charge in [0.1, 0.15) is 0 Å². The minimum atomic E-state index is -0.159. The number of aliphatic hydroxyl groups is 1. The maximum atomic E-state index is 7.00. The lowest BCUT2D eigenvalue weighted by Crippen LogP contribution is -2.41. The fourth-order valence-corrected chi connectivity index (χ4v) is 1.13. The molecule has 1 aliphatic heterocycles. The zero-order valence-corrected chi connectivity index (χ0v) is 11.5. The van der Waals surface area contributed by atoms with Crippen LogP contribution in [0.4, 0.5) is 0 Å². The molecule has 0 spiro atoms. The molecule has 1 saturated heterocycles. The summed E-state index contributed by atoms with van der Waals surface area (Å²) in [6.07, 6.45) is 0.923. The summed E-state index contributed by atoms with van der Waals surface area (Å²) < 4.78 is 11.4. The van der Waals surface area contributed by atoms with Gasteiger partial charge in [0, 0.05) is 7.11 Å². The maximum Gasteiger partial charge on any atom is 0.457 e. The molecule has 0 aliphatic carbocycles. The zero-order chi connectivity index (χ0) is 12.7. The fraction of sp³-hybridized carbons (Fsp3) is 1.00. The Morgan fingerprint density at radius 2 is 1.20 bits per heavy atom. The summed E-state index contributed by atoms with van der Waals surface area (Å²) in [5.74, 6) is 0. The summed E-state index contributed by atoms with van der Waals surface area (Å²) >= 11 is 0. The van der Waals surface area contributed by atoms with Crippen molar-refractivity contribution in [2.75, 3.05) is 7.11 Å². The molecule has 1 rings (SSSR count). The standard InChI is InChI=1S/C8H17BO2.C2H6.CH4O/c1-6-9-10-7(2,3)8(4,5)11-9;2*1-2/h6H2,1-5H3;1-2H3;2H,1H3. The highest BCUT2D eigenvalue weighted by Crippen LogP contribution is 2.37. The van der Waals surface area contributed by atoms with Crippen LogP contribution in [0, 0.1) is 0 Å². The molecule has 92 valence electrons. The first kappa shape index (κ1) is 17.3. The molecule has 0 bridgehead atoms. The van der Waals surface area contributed by atoms with E-state index in [1.54, 1.807) is 0 Å². The van der Waals surface area contributed by atoms with Gasteiger partial charge in [0.2, 0.25) is 0 Å². The highest BCUT2D eigenvalue weighted by atomic mass is 16.7. The van der Waals surface area contributed by atoms with E-state index in [0.29, 0.717) is 0 Å². The smallest absolute Gasteiger partial charge is 0.403 e. The number of aliphatic hydroxyl groups excluding tert-OH is 1. The molecular formula is C11H27BO3. The minimum absolute atomic E-state index is 0.0139. The van der Waals surface area contributed by atoms with Crippen LogP contribution < -0.4 is 0 Å². The van der Waals surface area contributed by atoms with Gasteiger partial charge in [0.25, 0.3) is 0 Å². The first-order valence-corrected chi connectivity index (χ1v) is 5.69. The Bertz CT molecular complexity index is 142. The Balaban J connectivity index is 0. The molecule has 0 amide bonds. The molecule has 4 heteroatoms. The van der Waals surface area contributed by atoms with E-state index >= 15 is 0 Å². The fourth-order valence-electron chi connectivity index (χ4n) is 1.13. The molecule has 1 N–H and O–H groups in total. The monoisotopic (exact) mass is 218 g/mol. The topological polar surface area (TPSA) is 38.7 Å². The van der Waals surface area contributed by atoms with E-state index in [-0.39, 0.29) is 18.3 Å². The predicted octanol–water partition coefficient (Wildman–Crippen LogP) is 2.73. The minimum Gasteiger partial charge on any atom is -0.403 e. The van der Waals surface area contributed by atoms with Crippen molar-refractivity contribution in [3.63, 3.8) is 0 Å². The summed E-state index contributed by atoms with van der Waals surface area (Å²) in [5.41, 5.74) is -0.318. The summed E-state index contributed by atoms with van der Waals surface area (Å²) in [7, 11) is 0.986. The largest absolute Gasteiger partial charge is 0.457 e. The van der Waals surface area contributed by atoms with Gasteiger partial charge < -0.3 is 14.4 Å². The Labute approximate surface area is 95.3 Å². The molecule has 0 saturated carbocycles. The zero-order valence-electron chi connectivity index (χ0n) is 11.5. The van der Waals surface area contributed by atoms with Crippen LogP contribution in [-0.2, 0) is 9.31 Å². The molecule has 15 heavy (non-hydrogen) atoms. The molecule has 0 aromatic carbocycles. The predicted molar refractivity (Wildman–Crippen MR) is 66.1 cm³/mol. The van der Waals surface area contributed by atoms with Gasteiger partial charge in [-0.05, 0) is 34.0 Å². The van der Waals surface area contributed by atoms with Gasteiger partial charge in [-0.15, -0.1) is 0 Å². The SMILES string of the molecule is CC.CCB1OC(C)(C)C(C)(C)O1.CO. The van der Waals surface area contributed by atoms with E-state index in [0.717, 1.165) is 13.4 Å². The lowest BCUT2D eigenvalue weighted by Gasteiger charge is -2.32. The summed E-state index contributed by atoms with van der Waals surface area (Å²) in [4.78, 5) is 0. The molecule has 0 radical (unpaired) electrons. The average Bonchev–Trinajstić information content (AvgIpc) is 2.42. The first-order chi connectivity index (χ1) is 6.89. The Kier molecular flexibility index (Phi) is 8.39. The Hall–Kier alpha value is -0.0551. The molecule has 3 nitrogen and oxygen atoms in total. The lowest BCUT2D eigenvalue weighted by atomic mass is 9.87. The van der Waals surface area contributed by atoms with Crippen LogP contribution in [-0.4, -0.2) is 30.5 Å². The van der Waals surface area contributed by atoms with Crippen LogP contribution in [0.25, 0.3) is 0 Å². The lowest BCUT2D eigenvalue weighted by molar-refractivity contribution is 0.00578. The van der Waals surface area contributed by atoms with Crippen molar-refractivity contribution in [3.8, 4) is 0 Å². The van der Waals surface area contributed by atoms with Crippen molar-refractivity contribution in [1.29, 1.82) is 0 Å². The number of rotatable bonds is 1. The second kappa shape index (κ2) is 7.26. The normalized spacial score (nSPS) is 21.0. The molecule has 0 unspecified atom stereocenters. The van der Waals surface area contributed by atoms with E-state index in [9.17, 15) is 0 Å². The Morgan fingerprint density at radius 1 is 0.933 bits per heavy atom. The second-order valence-electron chi connectivity index (χ2n) is 4.09.